The van der Waals surface area contributed by atoms with Crippen LogP contribution in [0.5, 0.6) is 11.5 Å². The predicted octanol–water partition coefficient (Wildman–Crippen LogP) is 3.97. The minimum atomic E-state index is -0.524. The summed E-state index contributed by atoms with van der Waals surface area (Å²) in [6, 6.07) is 10.6. The molecule has 0 fully saturated rings. The average molecular weight is 390 g/mol. The first-order chi connectivity index (χ1) is 11.6. The lowest BCUT2D eigenvalue weighted by atomic mass is 10.1. The van der Waals surface area contributed by atoms with Crippen LogP contribution >= 0.6 is 15.9 Å². The molecule has 0 atom stereocenters. The molecule has 0 amide bonds. The van der Waals surface area contributed by atoms with E-state index < -0.39 is 5.97 Å². The molecule has 0 saturated carbocycles. The standard InChI is InChI=1S/C18H16BrNO4/c1-22-12-5-3-4-11(10-12)18(21)24-20-15-8-6-13-14(19)7-9-16(23-2)17(13)15/h3-5,7,9-10H,6,8H2,1-2H3/b20-15-. The molecule has 124 valence electrons. The van der Waals surface area contributed by atoms with E-state index in [1.807, 2.05) is 12.1 Å². The van der Waals surface area contributed by atoms with Gasteiger partial charge in [0.05, 0.1) is 25.5 Å². The second-order valence-corrected chi connectivity index (χ2v) is 6.11. The Morgan fingerprint density at radius 2 is 1.96 bits per heavy atom. The Balaban J connectivity index is 1.85. The molecule has 0 N–H and O–H groups in total. The Morgan fingerprint density at radius 3 is 2.71 bits per heavy atom. The van der Waals surface area contributed by atoms with E-state index in [9.17, 15) is 4.79 Å². The number of hydrogen-bond donors (Lipinski definition) is 0. The van der Waals surface area contributed by atoms with Gasteiger partial charge in [0.15, 0.2) is 0 Å². The molecule has 0 aliphatic heterocycles. The molecule has 0 heterocycles. The summed E-state index contributed by atoms with van der Waals surface area (Å²) in [7, 11) is 3.16. The topological polar surface area (TPSA) is 57.1 Å². The molecule has 1 aliphatic rings. The third-order valence-corrected chi connectivity index (χ3v) is 4.62. The number of hydrogen-bond acceptors (Lipinski definition) is 5. The number of oxime groups is 1. The fraction of sp³-hybridized carbons (Fsp3) is 0.222. The van der Waals surface area contributed by atoms with Gasteiger partial charge in [0, 0.05) is 10.0 Å². The maximum atomic E-state index is 12.2. The maximum absolute atomic E-state index is 12.2. The number of carbonyl (C=O) groups excluding carboxylic acids is 1. The van der Waals surface area contributed by atoms with Gasteiger partial charge in [-0.3, -0.25) is 0 Å². The quantitative estimate of drug-likeness (QED) is 0.586. The van der Waals surface area contributed by atoms with Crippen molar-refractivity contribution in [3.8, 4) is 11.5 Å². The van der Waals surface area contributed by atoms with Crippen molar-refractivity contribution in [3.63, 3.8) is 0 Å². The van der Waals surface area contributed by atoms with Crippen LogP contribution in [0.1, 0.15) is 27.9 Å². The predicted molar refractivity (Wildman–Crippen MR) is 94.0 cm³/mol. The number of nitrogens with zero attached hydrogens (tertiary/aromatic N) is 1. The highest BCUT2D eigenvalue weighted by molar-refractivity contribution is 9.10. The molecular formula is C18H16BrNO4. The van der Waals surface area contributed by atoms with E-state index in [-0.39, 0.29) is 0 Å². The molecule has 0 spiro atoms. The molecule has 6 heteroatoms. The molecule has 3 rings (SSSR count). The zero-order valence-electron chi connectivity index (χ0n) is 13.3. The lowest BCUT2D eigenvalue weighted by Crippen LogP contribution is -2.05. The molecule has 0 aromatic heterocycles. The summed E-state index contributed by atoms with van der Waals surface area (Å²) in [4.78, 5) is 17.3. The van der Waals surface area contributed by atoms with Crippen LogP contribution in [-0.2, 0) is 11.3 Å². The van der Waals surface area contributed by atoms with Crippen LogP contribution in [0.3, 0.4) is 0 Å². The lowest BCUT2D eigenvalue weighted by Gasteiger charge is -2.09. The summed E-state index contributed by atoms with van der Waals surface area (Å²) >= 11 is 3.54. The highest BCUT2D eigenvalue weighted by atomic mass is 79.9. The normalized spacial score (nSPS) is 14.4. The fourth-order valence-electron chi connectivity index (χ4n) is 2.69. The van der Waals surface area contributed by atoms with E-state index >= 15 is 0 Å². The molecule has 0 bridgehead atoms. The summed E-state index contributed by atoms with van der Waals surface area (Å²) in [5.41, 5.74) is 3.10. The van der Waals surface area contributed by atoms with Gasteiger partial charge in [0.1, 0.15) is 11.5 Å². The number of methoxy groups -OCH3 is 2. The van der Waals surface area contributed by atoms with E-state index in [1.165, 1.54) is 0 Å². The Bertz CT molecular complexity index is 817. The first-order valence-corrected chi connectivity index (χ1v) is 8.21. The molecule has 1 aliphatic carbocycles. The van der Waals surface area contributed by atoms with Crippen LogP contribution < -0.4 is 9.47 Å². The molecule has 0 saturated heterocycles. The van der Waals surface area contributed by atoms with Crippen LogP contribution in [0, 0.1) is 0 Å². The Hall–Kier alpha value is -2.34. The first-order valence-electron chi connectivity index (χ1n) is 7.42. The number of halogens is 1. The first kappa shape index (κ1) is 16.5. The highest BCUT2D eigenvalue weighted by Gasteiger charge is 2.25. The van der Waals surface area contributed by atoms with Gasteiger partial charge in [-0.2, -0.15) is 0 Å². The molecule has 2 aromatic carbocycles. The number of carbonyl (C=O) groups is 1. The van der Waals surface area contributed by atoms with Gasteiger partial charge < -0.3 is 14.3 Å². The van der Waals surface area contributed by atoms with Gasteiger partial charge in [-0.1, -0.05) is 27.2 Å². The third kappa shape index (κ3) is 3.14. The number of ether oxygens (including phenoxy) is 2. The summed E-state index contributed by atoms with van der Waals surface area (Å²) in [5, 5.41) is 4.07. The number of fused-ring (bicyclic) bond motifs is 1. The highest BCUT2D eigenvalue weighted by Crippen LogP contribution is 2.36. The van der Waals surface area contributed by atoms with Crippen LogP contribution in [-0.4, -0.2) is 25.9 Å². The monoisotopic (exact) mass is 389 g/mol. The molecule has 0 radical (unpaired) electrons. The average Bonchev–Trinajstić information content (AvgIpc) is 3.05. The summed E-state index contributed by atoms with van der Waals surface area (Å²) < 4.78 is 11.5. The Morgan fingerprint density at radius 1 is 1.12 bits per heavy atom. The van der Waals surface area contributed by atoms with Crippen molar-refractivity contribution in [1.29, 1.82) is 0 Å². The smallest absolute Gasteiger partial charge is 0.365 e. The van der Waals surface area contributed by atoms with E-state index in [0.29, 0.717) is 23.4 Å². The van der Waals surface area contributed by atoms with Crippen molar-refractivity contribution in [3.05, 3.63) is 57.6 Å². The third-order valence-electron chi connectivity index (χ3n) is 3.88. The molecular weight excluding hydrogens is 374 g/mol. The van der Waals surface area contributed by atoms with Gasteiger partial charge >= 0.3 is 5.97 Å². The zero-order valence-corrected chi connectivity index (χ0v) is 14.9. The van der Waals surface area contributed by atoms with Crippen molar-refractivity contribution < 1.29 is 19.1 Å². The lowest BCUT2D eigenvalue weighted by molar-refractivity contribution is 0.0515. The fourth-order valence-corrected chi connectivity index (χ4v) is 3.22. The Kier molecular flexibility index (Phi) is 4.85. The van der Waals surface area contributed by atoms with Crippen LogP contribution in [0.2, 0.25) is 0 Å². The van der Waals surface area contributed by atoms with Gasteiger partial charge in [-0.15, -0.1) is 0 Å². The van der Waals surface area contributed by atoms with Crippen molar-refractivity contribution >= 4 is 27.6 Å². The molecule has 24 heavy (non-hydrogen) atoms. The minimum absolute atomic E-state index is 0.387. The summed E-state index contributed by atoms with van der Waals surface area (Å²) in [6.07, 6.45) is 1.52. The zero-order chi connectivity index (χ0) is 17.1. The molecule has 2 aromatic rings. The van der Waals surface area contributed by atoms with E-state index in [4.69, 9.17) is 14.3 Å². The van der Waals surface area contributed by atoms with E-state index in [0.717, 1.165) is 27.8 Å². The van der Waals surface area contributed by atoms with Crippen LogP contribution in [0.25, 0.3) is 0 Å². The summed E-state index contributed by atoms with van der Waals surface area (Å²) in [5.74, 6) is 0.791. The second kappa shape index (κ2) is 7.05. The summed E-state index contributed by atoms with van der Waals surface area (Å²) in [6.45, 7) is 0. The largest absolute Gasteiger partial charge is 0.497 e. The van der Waals surface area contributed by atoms with Crippen molar-refractivity contribution in [2.75, 3.05) is 14.2 Å². The number of benzene rings is 2. The van der Waals surface area contributed by atoms with Crippen molar-refractivity contribution in [2.45, 2.75) is 12.8 Å². The maximum Gasteiger partial charge on any atom is 0.365 e. The van der Waals surface area contributed by atoms with Crippen LogP contribution in [0.15, 0.2) is 46.0 Å². The van der Waals surface area contributed by atoms with E-state index in [1.54, 1.807) is 38.5 Å². The SMILES string of the molecule is COc1cccc(C(=O)O/N=C2/CCc3c(Br)ccc(OC)c32)c1. The molecule has 0 unspecified atom stereocenters. The number of rotatable bonds is 4. The van der Waals surface area contributed by atoms with Gasteiger partial charge in [0.2, 0.25) is 0 Å². The molecule has 5 nitrogen and oxygen atoms in total. The van der Waals surface area contributed by atoms with Crippen LogP contribution in [0.4, 0.5) is 0 Å². The Labute approximate surface area is 148 Å². The van der Waals surface area contributed by atoms with Crippen molar-refractivity contribution in [1.82, 2.24) is 0 Å². The second-order valence-electron chi connectivity index (χ2n) is 5.25. The van der Waals surface area contributed by atoms with Gasteiger partial charge in [-0.05, 0) is 48.7 Å². The van der Waals surface area contributed by atoms with E-state index in [2.05, 4.69) is 21.1 Å². The van der Waals surface area contributed by atoms with Crippen molar-refractivity contribution in [2.24, 2.45) is 5.16 Å². The minimum Gasteiger partial charge on any atom is -0.497 e. The van der Waals surface area contributed by atoms with Gasteiger partial charge in [0.25, 0.3) is 0 Å². The van der Waals surface area contributed by atoms with Gasteiger partial charge in [-0.25, -0.2) is 4.79 Å².